The molecule has 0 aliphatic carbocycles. The number of carbonyl (C=O) groups excluding carboxylic acids is 1. The summed E-state index contributed by atoms with van der Waals surface area (Å²) in [6, 6.07) is 5.16. The molecular formula is C10H10Cl3NO. The van der Waals surface area contributed by atoms with Crippen molar-refractivity contribution in [3.8, 4) is 0 Å². The van der Waals surface area contributed by atoms with E-state index < -0.39 is 0 Å². The molecule has 1 rings (SSSR count). The maximum atomic E-state index is 11.1. The summed E-state index contributed by atoms with van der Waals surface area (Å²) < 4.78 is 0. The van der Waals surface area contributed by atoms with E-state index in [-0.39, 0.29) is 5.91 Å². The van der Waals surface area contributed by atoms with E-state index in [0.717, 1.165) is 5.56 Å². The van der Waals surface area contributed by atoms with Crippen molar-refractivity contribution < 1.29 is 4.79 Å². The first-order chi connectivity index (χ1) is 7.11. The van der Waals surface area contributed by atoms with Gasteiger partial charge in [0.15, 0.2) is 0 Å². The Morgan fingerprint density at radius 1 is 1.20 bits per heavy atom. The van der Waals surface area contributed by atoms with Gasteiger partial charge in [0.05, 0.1) is 0 Å². The van der Waals surface area contributed by atoms with E-state index >= 15 is 0 Å². The van der Waals surface area contributed by atoms with Gasteiger partial charge in [-0.05, 0) is 23.8 Å². The van der Waals surface area contributed by atoms with Gasteiger partial charge < -0.3 is 5.32 Å². The van der Waals surface area contributed by atoms with Gasteiger partial charge in [0.2, 0.25) is 5.91 Å². The van der Waals surface area contributed by atoms with E-state index in [4.69, 9.17) is 34.8 Å². The van der Waals surface area contributed by atoms with Crippen LogP contribution in [0, 0.1) is 0 Å². The number of benzene rings is 1. The number of alkyl halides is 1. The zero-order valence-electron chi connectivity index (χ0n) is 7.90. The molecule has 1 aromatic rings. The van der Waals surface area contributed by atoms with Crippen LogP contribution in [0.15, 0.2) is 18.2 Å². The lowest BCUT2D eigenvalue weighted by Crippen LogP contribution is -2.22. The zero-order valence-corrected chi connectivity index (χ0v) is 10.2. The van der Waals surface area contributed by atoms with Crippen LogP contribution >= 0.6 is 34.8 Å². The number of carbonyl (C=O) groups is 1. The molecule has 0 bridgehead atoms. The van der Waals surface area contributed by atoms with Crippen molar-refractivity contribution in [2.45, 2.75) is 13.0 Å². The van der Waals surface area contributed by atoms with Gasteiger partial charge in [-0.1, -0.05) is 23.2 Å². The van der Waals surface area contributed by atoms with Crippen molar-refractivity contribution in [3.05, 3.63) is 33.8 Å². The summed E-state index contributed by atoms with van der Waals surface area (Å²) >= 11 is 17.0. The predicted molar refractivity (Wildman–Crippen MR) is 63.6 cm³/mol. The Morgan fingerprint density at radius 2 is 1.80 bits per heavy atom. The second-order valence-corrected chi connectivity index (χ2v) is 4.24. The molecule has 0 aliphatic rings. The smallest absolute Gasteiger partial charge is 0.221 e. The van der Waals surface area contributed by atoms with Crippen LogP contribution in [0.4, 0.5) is 0 Å². The summed E-state index contributed by atoms with van der Waals surface area (Å²) in [5.74, 6) is 0.239. The van der Waals surface area contributed by atoms with Gasteiger partial charge in [-0.2, -0.15) is 0 Å². The number of nitrogens with one attached hydrogen (secondary N) is 1. The molecule has 0 heterocycles. The molecule has 2 nitrogen and oxygen atoms in total. The molecule has 1 N–H and O–H groups in total. The van der Waals surface area contributed by atoms with E-state index in [9.17, 15) is 4.79 Å². The van der Waals surface area contributed by atoms with Gasteiger partial charge in [0.25, 0.3) is 0 Å². The minimum Gasteiger partial charge on any atom is -0.352 e. The highest BCUT2D eigenvalue weighted by atomic mass is 35.5. The standard InChI is InChI=1S/C10H10Cl3NO/c11-2-1-10(15)14-6-7-3-8(12)5-9(13)4-7/h3-5H,1-2,6H2,(H,14,15). The van der Waals surface area contributed by atoms with Crippen LogP contribution in [0.25, 0.3) is 0 Å². The third-order valence-corrected chi connectivity index (χ3v) is 2.36. The molecule has 0 atom stereocenters. The Morgan fingerprint density at radius 3 is 2.33 bits per heavy atom. The number of hydrogen-bond donors (Lipinski definition) is 1. The van der Waals surface area contributed by atoms with Crippen LogP contribution in [0.2, 0.25) is 10.0 Å². The number of amides is 1. The molecule has 0 unspecified atom stereocenters. The first-order valence-electron chi connectivity index (χ1n) is 4.39. The van der Waals surface area contributed by atoms with Crippen LogP contribution in [-0.2, 0) is 11.3 Å². The quantitative estimate of drug-likeness (QED) is 0.833. The summed E-state index contributed by atoms with van der Waals surface area (Å²) in [6.45, 7) is 0.413. The molecule has 5 heteroatoms. The largest absolute Gasteiger partial charge is 0.352 e. The Bertz CT molecular complexity index is 334. The van der Waals surface area contributed by atoms with Gasteiger partial charge in [0, 0.05) is 28.9 Å². The lowest BCUT2D eigenvalue weighted by molar-refractivity contribution is -0.120. The molecule has 0 fully saturated rings. The SMILES string of the molecule is O=C(CCCl)NCc1cc(Cl)cc(Cl)c1. The van der Waals surface area contributed by atoms with Crippen molar-refractivity contribution in [3.63, 3.8) is 0 Å². The minimum absolute atomic E-state index is 0.0823. The monoisotopic (exact) mass is 265 g/mol. The lowest BCUT2D eigenvalue weighted by atomic mass is 10.2. The normalized spacial score (nSPS) is 10.1. The fourth-order valence-corrected chi connectivity index (χ4v) is 1.83. The van der Waals surface area contributed by atoms with Crippen molar-refractivity contribution in [2.24, 2.45) is 0 Å². The number of rotatable bonds is 4. The summed E-state index contributed by atoms with van der Waals surface area (Å²) in [4.78, 5) is 11.1. The summed E-state index contributed by atoms with van der Waals surface area (Å²) in [5, 5.41) is 3.83. The maximum Gasteiger partial charge on any atom is 0.221 e. The van der Waals surface area contributed by atoms with Gasteiger partial charge in [-0.25, -0.2) is 0 Å². The van der Waals surface area contributed by atoms with E-state index in [1.165, 1.54) is 0 Å². The minimum atomic E-state index is -0.0823. The Labute approximate surface area is 104 Å². The molecule has 1 amide bonds. The third kappa shape index (κ3) is 4.74. The molecule has 0 saturated heterocycles. The van der Waals surface area contributed by atoms with Crippen molar-refractivity contribution in [2.75, 3.05) is 5.88 Å². The number of halogens is 3. The molecule has 0 saturated carbocycles. The molecule has 1 aromatic carbocycles. The number of hydrogen-bond acceptors (Lipinski definition) is 1. The Hall–Kier alpha value is -0.440. The first-order valence-corrected chi connectivity index (χ1v) is 5.68. The maximum absolute atomic E-state index is 11.1. The van der Waals surface area contributed by atoms with E-state index in [0.29, 0.717) is 28.9 Å². The highest BCUT2D eigenvalue weighted by Gasteiger charge is 2.01. The van der Waals surface area contributed by atoms with E-state index in [2.05, 4.69) is 5.32 Å². The molecule has 82 valence electrons. The lowest BCUT2D eigenvalue weighted by Gasteiger charge is -2.05. The molecular weight excluding hydrogens is 256 g/mol. The average molecular weight is 267 g/mol. The van der Waals surface area contributed by atoms with E-state index in [1.807, 2.05) is 0 Å². The zero-order chi connectivity index (χ0) is 11.3. The van der Waals surface area contributed by atoms with Gasteiger partial charge in [-0.3, -0.25) is 4.79 Å². The molecule has 0 aromatic heterocycles. The highest BCUT2D eigenvalue weighted by molar-refractivity contribution is 6.34. The molecule has 0 radical (unpaired) electrons. The fourth-order valence-electron chi connectivity index (χ4n) is 1.09. The van der Waals surface area contributed by atoms with Crippen LogP contribution in [0.3, 0.4) is 0 Å². The summed E-state index contributed by atoms with van der Waals surface area (Å²) in [6.07, 6.45) is 0.315. The topological polar surface area (TPSA) is 29.1 Å². The summed E-state index contributed by atoms with van der Waals surface area (Å²) in [7, 11) is 0. The van der Waals surface area contributed by atoms with Crippen LogP contribution < -0.4 is 5.32 Å². The summed E-state index contributed by atoms with van der Waals surface area (Å²) in [5.41, 5.74) is 0.871. The van der Waals surface area contributed by atoms with Crippen molar-refractivity contribution in [1.82, 2.24) is 5.32 Å². The predicted octanol–water partition coefficient (Wildman–Crippen LogP) is 3.24. The highest BCUT2D eigenvalue weighted by Crippen LogP contribution is 2.18. The third-order valence-electron chi connectivity index (χ3n) is 1.73. The Kier molecular flexibility index (Phi) is 5.23. The van der Waals surface area contributed by atoms with Gasteiger partial charge in [0.1, 0.15) is 0 Å². The Balaban J connectivity index is 2.54. The second-order valence-electron chi connectivity index (χ2n) is 2.99. The fraction of sp³-hybridized carbons (Fsp3) is 0.300. The molecule has 0 spiro atoms. The van der Waals surface area contributed by atoms with Crippen molar-refractivity contribution >= 4 is 40.7 Å². The second kappa shape index (κ2) is 6.21. The van der Waals surface area contributed by atoms with Crippen molar-refractivity contribution in [1.29, 1.82) is 0 Å². The van der Waals surface area contributed by atoms with Gasteiger partial charge >= 0.3 is 0 Å². The van der Waals surface area contributed by atoms with Gasteiger partial charge in [-0.15, -0.1) is 11.6 Å². The molecule has 15 heavy (non-hydrogen) atoms. The first kappa shape index (κ1) is 12.6. The van der Waals surface area contributed by atoms with Crippen LogP contribution in [-0.4, -0.2) is 11.8 Å². The average Bonchev–Trinajstić information content (AvgIpc) is 2.14. The van der Waals surface area contributed by atoms with E-state index in [1.54, 1.807) is 18.2 Å². The van der Waals surface area contributed by atoms with Crippen LogP contribution in [0.1, 0.15) is 12.0 Å². The van der Waals surface area contributed by atoms with Crippen LogP contribution in [0.5, 0.6) is 0 Å². The molecule has 0 aliphatic heterocycles.